The first-order valence-electron chi connectivity index (χ1n) is 11.2. The first kappa shape index (κ1) is 23.8. The van der Waals surface area contributed by atoms with Gasteiger partial charge in [-0.3, -0.25) is 0 Å². The summed E-state index contributed by atoms with van der Waals surface area (Å²) in [6.07, 6.45) is 14.7. The van der Waals surface area contributed by atoms with Crippen molar-refractivity contribution in [1.29, 1.82) is 0 Å². The second-order valence-corrected chi connectivity index (χ2v) is 11.5. The van der Waals surface area contributed by atoms with Crippen molar-refractivity contribution < 1.29 is 20.1 Å². The molecule has 0 bridgehead atoms. The molecule has 1 aromatic rings. The van der Waals surface area contributed by atoms with Crippen LogP contribution in [-0.4, -0.2) is 43.7 Å². The summed E-state index contributed by atoms with van der Waals surface area (Å²) in [6.45, 7) is 1.96. The van der Waals surface area contributed by atoms with Crippen molar-refractivity contribution in [3.63, 3.8) is 0 Å². The van der Waals surface area contributed by atoms with Gasteiger partial charge >= 0.3 is 5.97 Å². The molecule has 3 N–H and O–H groups in total. The fraction of sp³-hybridized carbons (Fsp3) is 0.739. The highest BCUT2D eigenvalue weighted by molar-refractivity contribution is 8.01. The van der Waals surface area contributed by atoms with Gasteiger partial charge in [-0.2, -0.15) is 0 Å². The Morgan fingerprint density at radius 1 is 1.30 bits per heavy atom. The van der Waals surface area contributed by atoms with Crippen LogP contribution >= 0.6 is 23.1 Å². The van der Waals surface area contributed by atoms with Gasteiger partial charge in [0.2, 0.25) is 0 Å². The van der Waals surface area contributed by atoms with E-state index in [0.29, 0.717) is 18.3 Å². The van der Waals surface area contributed by atoms with Crippen molar-refractivity contribution in [3.8, 4) is 0 Å². The molecule has 5 nitrogen and oxygen atoms in total. The highest BCUT2D eigenvalue weighted by atomic mass is 32.2. The average molecular weight is 454 g/mol. The minimum absolute atomic E-state index is 0.101. The second-order valence-electron chi connectivity index (χ2n) is 9.25. The molecule has 0 unspecified atom stereocenters. The van der Waals surface area contributed by atoms with Gasteiger partial charge in [0, 0.05) is 11.1 Å². The standard InChI is InChI=1S/C23H35NO4S2/c1-23(28,14-16-6-3-2-4-7-16)12-5-8-17-9-10-20(25)18(17)11-13-29-22-24-19(15-30-22)21(26)27/h5,8,15-18,20,25,28H,2-4,6-7,9-14H2,1H3,(H,26,27)/b8-5+/t17-,18-,20+,23+/m1/s1. The number of thiazole rings is 1. The number of allylic oxidation sites excluding steroid dienone is 1. The number of carbonyl (C=O) groups is 1. The second kappa shape index (κ2) is 11.1. The van der Waals surface area contributed by atoms with Gasteiger partial charge in [0.25, 0.3) is 0 Å². The van der Waals surface area contributed by atoms with E-state index >= 15 is 0 Å². The van der Waals surface area contributed by atoms with Gasteiger partial charge < -0.3 is 15.3 Å². The SMILES string of the molecule is C[C@](O)(C/C=C/[C@@H]1CC[C@H](O)[C@@H]1CCSc1nc(C(=O)O)cs1)CC1CCCCC1. The van der Waals surface area contributed by atoms with Crippen LogP contribution in [0.1, 0.15) is 81.6 Å². The number of thioether (sulfide) groups is 1. The number of carboxylic acid groups (broad SMARTS) is 1. The van der Waals surface area contributed by atoms with Crippen LogP contribution in [0.2, 0.25) is 0 Å². The number of hydrogen-bond acceptors (Lipinski definition) is 6. The molecule has 0 radical (unpaired) electrons. The lowest BCUT2D eigenvalue weighted by Gasteiger charge is -2.30. The topological polar surface area (TPSA) is 90.7 Å². The molecule has 1 heterocycles. The van der Waals surface area contributed by atoms with Crippen molar-refractivity contribution in [2.75, 3.05) is 5.75 Å². The lowest BCUT2D eigenvalue weighted by Crippen LogP contribution is -2.28. The lowest BCUT2D eigenvalue weighted by molar-refractivity contribution is 0.0302. The van der Waals surface area contributed by atoms with Crippen LogP contribution in [0.5, 0.6) is 0 Å². The third-order valence-electron chi connectivity index (χ3n) is 6.61. The molecule has 2 saturated carbocycles. The van der Waals surface area contributed by atoms with E-state index in [-0.39, 0.29) is 17.7 Å². The maximum absolute atomic E-state index is 10.9. The van der Waals surface area contributed by atoms with E-state index in [1.807, 2.05) is 6.92 Å². The predicted octanol–water partition coefficient (Wildman–Crippen LogP) is 5.38. The first-order chi connectivity index (χ1) is 14.3. The lowest BCUT2D eigenvalue weighted by atomic mass is 9.80. The molecular formula is C23H35NO4S2. The van der Waals surface area contributed by atoms with Gasteiger partial charge in [0.05, 0.1) is 11.7 Å². The fourth-order valence-corrected chi connectivity index (χ4v) is 6.93. The molecule has 3 rings (SSSR count). The van der Waals surface area contributed by atoms with E-state index in [4.69, 9.17) is 5.11 Å². The molecule has 168 valence electrons. The fourth-order valence-electron chi connectivity index (χ4n) is 5.02. The number of nitrogens with zero attached hydrogens (tertiary/aromatic N) is 1. The smallest absolute Gasteiger partial charge is 0.355 e. The van der Waals surface area contributed by atoms with Crippen LogP contribution in [0.15, 0.2) is 21.9 Å². The summed E-state index contributed by atoms with van der Waals surface area (Å²) >= 11 is 2.93. The number of aromatic carboxylic acids is 1. The number of hydrogen-bond donors (Lipinski definition) is 3. The maximum atomic E-state index is 10.9. The summed E-state index contributed by atoms with van der Waals surface area (Å²) in [5.41, 5.74) is -0.544. The van der Waals surface area contributed by atoms with Crippen LogP contribution in [0.4, 0.5) is 0 Å². The molecular weight excluding hydrogens is 418 g/mol. The van der Waals surface area contributed by atoms with Gasteiger partial charge in [-0.05, 0) is 56.8 Å². The van der Waals surface area contributed by atoms with E-state index in [1.54, 1.807) is 17.1 Å². The van der Waals surface area contributed by atoms with E-state index < -0.39 is 11.6 Å². The third-order valence-corrected chi connectivity index (χ3v) is 8.67. The summed E-state index contributed by atoms with van der Waals surface area (Å²) in [4.78, 5) is 15.1. The molecule has 0 saturated heterocycles. The van der Waals surface area contributed by atoms with Crippen LogP contribution in [0, 0.1) is 17.8 Å². The zero-order valence-corrected chi connectivity index (χ0v) is 19.5. The first-order valence-corrected chi connectivity index (χ1v) is 13.1. The molecule has 0 amide bonds. The van der Waals surface area contributed by atoms with Crippen molar-refractivity contribution in [2.24, 2.45) is 17.8 Å². The van der Waals surface area contributed by atoms with Gasteiger partial charge in [-0.25, -0.2) is 9.78 Å². The summed E-state index contributed by atoms with van der Waals surface area (Å²) in [5, 5.41) is 31.8. The van der Waals surface area contributed by atoms with Crippen molar-refractivity contribution >= 4 is 29.1 Å². The minimum atomic E-state index is -0.992. The highest BCUT2D eigenvalue weighted by Gasteiger charge is 2.33. The molecule has 0 spiro atoms. The van der Waals surface area contributed by atoms with Crippen LogP contribution in [-0.2, 0) is 0 Å². The third kappa shape index (κ3) is 7.08. The molecule has 2 fully saturated rings. The van der Waals surface area contributed by atoms with E-state index in [9.17, 15) is 15.0 Å². The van der Waals surface area contributed by atoms with Gasteiger partial charge in [0.15, 0.2) is 10.0 Å². The Hall–Kier alpha value is -0.890. The number of aliphatic hydroxyl groups is 2. The Labute approximate surface area is 188 Å². The zero-order valence-electron chi connectivity index (χ0n) is 17.8. The number of carboxylic acids is 1. The zero-order chi connectivity index (χ0) is 21.6. The largest absolute Gasteiger partial charge is 0.476 e. The molecule has 0 aliphatic heterocycles. The molecule has 30 heavy (non-hydrogen) atoms. The molecule has 2 aliphatic carbocycles. The Morgan fingerprint density at radius 3 is 2.77 bits per heavy atom. The summed E-state index contributed by atoms with van der Waals surface area (Å²) < 4.78 is 0.769. The minimum Gasteiger partial charge on any atom is -0.476 e. The van der Waals surface area contributed by atoms with Gasteiger partial charge in [-0.15, -0.1) is 11.3 Å². The number of aliphatic hydroxyl groups excluding tert-OH is 1. The summed E-state index contributed by atoms with van der Waals surface area (Å²) in [5.74, 6) is 1.05. The molecule has 2 aliphatic rings. The Balaban J connectivity index is 1.45. The molecule has 4 atom stereocenters. The van der Waals surface area contributed by atoms with E-state index in [2.05, 4.69) is 17.1 Å². The summed E-state index contributed by atoms with van der Waals surface area (Å²) in [7, 11) is 0. The average Bonchev–Trinajstić information content (AvgIpc) is 3.30. The van der Waals surface area contributed by atoms with Gasteiger partial charge in [-0.1, -0.05) is 56.0 Å². The van der Waals surface area contributed by atoms with Crippen LogP contribution in [0.3, 0.4) is 0 Å². The quantitative estimate of drug-likeness (QED) is 0.325. The number of rotatable bonds is 10. The molecule has 0 aromatic carbocycles. The van der Waals surface area contributed by atoms with Crippen molar-refractivity contribution in [2.45, 2.75) is 87.2 Å². The highest BCUT2D eigenvalue weighted by Crippen LogP contribution is 2.38. The van der Waals surface area contributed by atoms with Crippen molar-refractivity contribution in [1.82, 2.24) is 4.98 Å². The normalized spacial score (nSPS) is 27.5. The summed E-state index contributed by atoms with van der Waals surface area (Å²) in [6, 6.07) is 0. The van der Waals surface area contributed by atoms with Gasteiger partial charge in [0.1, 0.15) is 0 Å². The van der Waals surface area contributed by atoms with E-state index in [1.165, 1.54) is 43.4 Å². The monoisotopic (exact) mass is 453 g/mol. The Kier molecular flexibility index (Phi) is 8.81. The number of aromatic nitrogens is 1. The molecule has 7 heteroatoms. The van der Waals surface area contributed by atoms with Crippen LogP contribution < -0.4 is 0 Å². The van der Waals surface area contributed by atoms with Crippen LogP contribution in [0.25, 0.3) is 0 Å². The Bertz CT molecular complexity index is 712. The Morgan fingerprint density at radius 2 is 2.07 bits per heavy atom. The van der Waals surface area contributed by atoms with E-state index in [0.717, 1.165) is 35.8 Å². The molecule has 1 aromatic heterocycles. The van der Waals surface area contributed by atoms with Crippen molar-refractivity contribution in [3.05, 3.63) is 23.2 Å². The maximum Gasteiger partial charge on any atom is 0.355 e. The predicted molar refractivity (Wildman–Crippen MR) is 122 cm³/mol.